The molecule has 0 aliphatic heterocycles. The van der Waals surface area contributed by atoms with Gasteiger partial charge in [0, 0.05) is 18.3 Å². The van der Waals surface area contributed by atoms with Gasteiger partial charge in [0.25, 0.3) is 0 Å². The Morgan fingerprint density at radius 2 is 2.00 bits per heavy atom. The van der Waals surface area contributed by atoms with E-state index < -0.39 is 0 Å². The second kappa shape index (κ2) is 4.33. The third-order valence-electron chi connectivity index (χ3n) is 2.29. The van der Waals surface area contributed by atoms with Crippen LogP contribution in [0.2, 0.25) is 0 Å². The summed E-state index contributed by atoms with van der Waals surface area (Å²) in [6.07, 6.45) is 3.87. The molecule has 1 aromatic rings. The van der Waals surface area contributed by atoms with Gasteiger partial charge in [-0.3, -0.25) is 9.97 Å². The number of aliphatic hydroxyl groups is 1. The average Bonchev–Trinajstić information content (AvgIpc) is 2.09. The van der Waals surface area contributed by atoms with Crippen molar-refractivity contribution in [3.63, 3.8) is 0 Å². The second-order valence-electron chi connectivity index (χ2n) is 3.28. The monoisotopic (exact) mass is 180 g/mol. The molecule has 0 radical (unpaired) electrons. The number of nitrogens with zero attached hydrogens (tertiary/aromatic N) is 2. The summed E-state index contributed by atoms with van der Waals surface area (Å²) in [5.41, 5.74) is 1.83. The summed E-state index contributed by atoms with van der Waals surface area (Å²) in [5, 5.41) is 9.52. The van der Waals surface area contributed by atoms with Crippen molar-refractivity contribution < 1.29 is 5.11 Å². The van der Waals surface area contributed by atoms with E-state index in [4.69, 9.17) is 0 Å². The van der Waals surface area contributed by atoms with Crippen LogP contribution in [0.1, 0.15) is 37.6 Å². The van der Waals surface area contributed by atoms with E-state index >= 15 is 0 Å². The largest absolute Gasteiger partial charge is 0.393 e. The molecule has 0 aromatic carbocycles. The number of hydrogen-bond donors (Lipinski definition) is 1. The maximum atomic E-state index is 9.52. The highest BCUT2D eigenvalue weighted by atomic mass is 16.3. The van der Waals surface area contributed by atoms with Crippen LogP contribution in [0.5, 0.6) is 0 Å². The van der Waals surface area contributed by atoms with Crippen molar-refractivity contribution >= 4 is 0 Å². The Balaban J connectivity index is 2.97. The molecule has 2 unspecified atom stereocenters. The fourth-order valence-corrected chi connectivity index (χ4v) is 1.55. The lowest BCUT2D eigenvalue weighted by atomic mass is 9.95. The third-order valence-corrected chi connectivity index (χ3v) is 2.29. The molecule has 0 aliphatic rings. The van der Waals surface area contributed by atoms with Crippen molar-refractivity contribution in [3.8, 4) is 0 Å². The van der Waals surface area contributed by atoms with Crippen LogP contribution in [-0.2, 0) is 0 Å². The van der Waals surface area contributed by atoms with E-state index in [1.165, 1.54) is 0 Å². The minimum Gasteiger partial charge on any atom is -0.393 e. The molecule has 0 saturated heterocycles. The van der Waals surface area contributed by atoms with Crippen molar-refractivity contribution in [2.45, 2.75) is 39.2 Å². The summed E-state index contributed by atoms with van der Waals surface area (Å²) >= 11 is 0. The zero-order valence-corrected chi connectivity index (χ0v) is 8.36. The average molecular weight is 180 g/mol. The van der Waals surface area contributed by atoms with Crippen molar-refractivity contribution in [1.29, 1.82) is 0 Å². The van der Waals surface area contributed by atoms with Crippen LogP contribution < -0.4 is 0 Å². The number of hydrogen-bond acceptors (Lipinski definition) is 3. The van der Waals surface area contributed by atoms with E-state index in [9.17, 15) is 5.11 Å². The van der Waals surface area contributed by atoms with Gasteiger partial charge in [0.1, 0.15) is 0 Å². The number of aliphatic hydroxyl groups excluding tert-OH is 1. The van der Waals surface area contributed by atoms with Gasteiger partial charge >= 0.3 is 0 Å². The summed E-state index contributed by atoms with van der Waals surface area (Å²) in [6.45, 7) is 5.77. The number of aromatic nitrogens is 2. The minimum absolute atomic E-state index is 0.105. The predicted molar refractivity (Wildman–Crippen MR) is 51.5 cm³/mol. The van der Waals surface area contributed by atoms with E-state index in [-0.39, 0.29) is 12.0 Å². The molecule has 0 bridgehead atoms. The van der Waals surface area contributed by atoms with Gasteiger partial charge in [-0.25, -0.2) is 0 Å². The third kappa shape index (κ3) is 2.25. The fourth-order valence-electron chi connectivity index (χ4n) is 1.55. The minimum atomic E-state index is -0.361. The van der Waals surface area contributed by atoms with Gasteiger partial charge in [0.05, 0.1) is 17.5 Å². The molecule has 0 fully saturated rings. The van der Waals surface area contributed by atoms with Crippen LogP contribution in [0, 0.1) is 6.92 Å². The molecular weight excluding hydrogens is 164 g/mol. The summed E-state index contributed by atoms with van der Waals surface area (Å²) < 4.78 is 0. The molecular formula is C10H16N2O. The van der Waals surface area contributed by atoms with Crippen molar-refractivity contribution in [2.24, 2.45) is 0 Å². The normalized spacial score (nSPS) is 15.4. The Bertz CT molecular complexity index is 273. The van der Waals surface area contributed by atoms with Crippen molar-refractivity contribution in [1.82, 2.24) is 9.97 Å². The standard InChI is InChI=1S/C10H16N2O/c1-4-9(8(3)13)10-7(2)11-5-6-12-10/h5-6,8-9,13H,4H2,1-3H3. The molecule has 1 heterocycles. The van der Waals surface area contributed by atoms with Crippen LogP contribution in [0.25, 0.3) is 0 Å². The first kappa shape index (κ1) is 10.1. The molecule has 2 atom stereocenters. The summed E-state index contributed by atoms with van der Waals surface area (Å²) in [5.74, 6) is 0.105. The maximum absolute atomic E-state index is 9.52. The smallest absolute Gasteiger partial charge is 0.0672 e. The molecule has 1 rings (SSSR count). The van der Waals surface area contributed by atoms with Crippen LogP contribution >= 0.6 is 0 Å². The van der Waals surface area contributed by atoms with E-state index in [0.29, 0.717) is 0 Å². The van der Waals surface area contributed by atoms with Crippen molar-refractivity contribution in [2.75, 3.05) is 0 Å². The van der Waals surface area contributed by atoms with Gasteiger partial charge in [-0.15, -0.1) is 0 Å². The van der Waals surface area contributed by atoms with Gasteiger partial charge < -0.3 is 5.11 Å². The highest BCUT2D eigenvalue weighted by molar-refractivity contribution is 5.15. The first-order valence-electron chi connectivity index (χ1n) is 4.62. The SMILES string of the molecule is CCC(c1nccnc1C)C(C)O. The predicted octanol–water partition coefficient (Wildman–Crippen LogP) is 1.66. The van der Waals surface area contributed by atoms with E-state index in [1.807, 2.05) is 13.8 Å². The summed E-state index contributed by atoms with van der Waals surface area (Å²) in [4.78, 5) is 8.40. The molecule has 3 heteroatoms. The maximum Gasteiger partial charge on any atom is 0.0672 e. The molecule has 1 N–H and O–H groups in total. The highest BCUT2D eigenvalue weighted by Crippen LogP contribution is 2.22. The molecule has 0 spiro atoms. The Labute approximate surface area is 78.9 Å². The van der Waals surface area contributed by atoms with Gasteiger partial charge in [-0.05, 0) is 20.3 Å². The van der Waals surface area contributed by atoms with Crippen LogP contribution in [-0.4, -0.2) is 21.2 Å². The van der Waals surface area contributed by atoms with Gasteiger partial charge in [0.15, 0.2) is 0 Å². The first-order valence-corrected chi connectivity index (χ1v) is 4.62. The second-order valence-corrected chi connectivity index (χ2v) is 3.28. The molecule has 3 nitrogen and oxygen atoms in total. The van der Waals surface area contributed by atoms with Crippen LogP contribution in [0.3, 0.4) is 0 Å². The zero-order chi connectivity index (χ0) is 9.84. The molecule has 72 valence electrons. The van der Waals surface area contributed by atoms with E-state index in [0.717, 1.165) is 17.8 Å². The van der Waals surface area contributed by atoms with Gasteiger partial charge in [-0.2, -0.15) is 0 Å². The fraction of sp³-hybridized carbons (Fsp3) is 0.600. The Hall–Kier alpha value is -0.960. The topological polar surface area (TPSA) is 46.0 Å². The lowest BCUT2D eigenvalue weighted by Crippen LogP contribution is -2.16. The van der Waals surface area contributed by atoms with E-state index in [2.05, 4.69) is 9.97 Å². The lowest BCUT2D eigenvalue weighted by molar-refractivity contribution is 0.157. The van der Waals surface area contributed by atoms with Gasteiger partial charge in [-0.1, -0.05) is 6.92 Å². The first-order chi connectivity index (χ1) is 6.16. The van der Waals surface area contributed by atoms with Crippen LogP contribution in [0.15, 0.2) is 12.4 Å². The molecule has 1 aromatic heterocycles. The summed E-state index contributed by atoms with van der Waals surface area (Å²) in [6, 6.07) is 0. The number of rotatable bonds is 3. The van der Waals surface area contributed by atoms with Gasteiger partial charge in [0.2, 0.25) is 0 Å². The van der Waals surface area contributed by atoms with Crippen molar-refractivity contribution in [3.05, 3.63) is 23.8 Å². The lowest BCUT2D eigenvalue weighted by Gasteiger charge is -2.18. The summed E-state index contributed by atoms with van der Waals surface area (Å²) in [7, 11) is 0. The Morgan fingerprint density at radius 1 is 1.38 bits per heavy atom. The van der Waals surface area contributed by atoms with Crippen LogP contribution in [0.4, 0.5) is 0 Å². The molecule has 0 saturated carbocycles. The quantitative estimate of drug-likeness (QED) is 0.769. The highest BCUT2D eigenvalue weighted by Gasteiger charge is 2.18. The molecule has 13 heavy (non-hydrogen) atoms. The Kier molecular flexibility index (Phi) is 3.37. The Morgan fingerprint density at radius 3 is 2.46 bits per heavy atom. The van der Waals surface area contributed by atoms with E-state index in [1.54, 1.807) is 19.3 Å². The zero-order valence-electron chi connectivity index (χ0n) is 8.36. The molecule has 0 aliphatic carbocycles. The molecule has 0 amide bonds. The number of aryl methyl sites for hydroxylation is 1.